The molecule has 0 aliphatic rings. The van der Waals surface area contributed by atoms with E-state index < -0.39 is 17.1 Å². The summed E-state index contributed by atoms with van der Waals surface area (Å²) in [6.07, 6.45) is -3.43. The van der Waals surface area contributed by atoms with Gasteiger partial charge in [-0.3, -0.25) is 10.1 Å². The highest BCUT2D eigenvalue weighted by Gasteiger charge is 2.35. The number of amides is 1. The fraction of sp³-hybridized carbons (Fsp3) is 0.280. The fourth-order valence-electron chi connectivity index (χ4n) is 3.00. The molecule has 0 saturated heterocycles. The molecular formula is C25H23F3N4O5S. The van der Waals surface area contributed by atoms with Gasteiger partial charge in [0.05, 0.1) is 20.3 Å². The average molecular weight is 549 g/mol. The largest absolute Gasteiger partial charge is 0.493 e. The first-order valence-electron chi connectivity index (χ1n) is 11.1. The summed E-state index contributed by atoms with van der Waals surface area (Å²) in [6.45, 7) is 3.29. The van der Waals surface area contributed by atoms with Crippen molar-refractivity contribution in [2.75, 3.05) is 38.9 Å². The van der Waals surface area contributed by atoms with Crippen LogP contribution in [0.3, 0.4) is 0 Å². The van der Waals surface area contributed by atoms with E-state index in [1.165, 1.54) is 13.2 Å². The van der Waals surface area contributed by atoms with Crippen LogP contribution in [0.25, 0.3) is 6.08 Å². The van der Waals surface area contributed by atoms with Crippen LogP contribution in [0.15, 0.2) is 48.0 Å². The second-order valence-corrected chi connectivity index (χ2v) is 8.50. The molecule has 38 heavy (non-hydrogen) atoms. The summed E-state index contributed by atoms with van der Waals surface area (Å²) in [6, 6.07) is 14.1. The second-order valence-electron chi connectivity index (χ2n) is 7.52. The molecule has 0 aliphatic carbocycles. The molecule has 0 radical (unpaired) electrons. The lowest BCUT2D eigenvalue weighted by Gasteiger charge is -2.12. The van der Waals surface area contributed by atoms with Crippen molar-refractivity contribution >= 4 is 28.5 Å². The highest BCUT2D eigenvalue weighted by Crippen LogP contribution is 2.33. The summed E-state index contributed by atoms with van der Waals surface area (Å²) in [5.41, 5.74) is 1.12. The Bertz CT molecular complexity index is 1320. The number of para-hydroxylation sites is 1. The predicted molar refractivity (Wildman–Crippen MR) is 133 cm³/mol. The molecule has 1 heterocycles. The molecule has 200 valence electrons. The van der Waals surface area contributed by atoms with Crippen LogP contribution in [0.5, 0.6) is 17.2 Å². The van der Waals surface area contributed by atoms with Crippen molar-refractivity contribution in [1.82, 2.24) is 10.2 Å². The number of benzene rings is 2. The number of alkyl halides is 3. The Balaban J connectivity index is 1.51. The van der Waals surface area contributed by atoms with Gasteiger partial charge in [0.15, 0.2) is 11.5 Å². The number of carbonyl (C=O) groups is 1. The Morgan fingerprint density at radius 1 is 1.05 bits per heavy atom. The maximum Gasteiger partial charge on any atom is 0.445 e. The molecule has 1 aromatic heterocycles. The molecule has 0 fully saturated rings. The normalized spacial score (nSPS) is 11.5. The molecule has 0 aliphatic heterocycles. The third-order valence-electron chi connectivity index (χ3n) is 4.82. The lowest BCUT2D eigenvalue weighted by molar-refractivity contribution is -0.138. The Kier molecular flexibility index (Phi) is 10.0. The first-order valence-corrected chi connectivity index (χ1v) is 11.9. The molecule has 0 atom stereocenters. The van der Waals surface area contributed by atoms with Crippen LogP contribution in [0.2, 0.25) is 0 Å². The molecule has 0 saturated carbocycles. The molecule has 9 nitrogen and oxygen atoms in total. The molecule has 1 N–H and O–H groups in total. The summed E-state index contributed by atoms with van der Waals surface area (Å²) in [7, 11) is 1.43. The standard InChI is InChI=1S/C25H23F3N4O5S/c1-16-5-3-4-6-19(16)36-11-9-35-10-12-37-20-8-7-17(14-21(20)34-2)13-18(15-29)22(33)30-24-32-31-23(38-24)25(26,27)28/h3-8,13-14H,9-12H2,1-2H3,(H,30,32,33)/b18-13-. The van der Waals surface area contributed by atoms with Crippen molar-refractivity contribution in [2.24, 2.45) is 0 Å². The molecule has 13 heteroatoms. The summed E-state index contributed by atoms with van der Waals surface area (Å²) < 4.78 is 60.2. The van der Waals surface area contributed by atoms with E-state index in [1.807, 2.05) is 31.2 Å². The number of nitriles is 1. The number of methoxy groups -OCH3 is 1. The maximum absolute atomic E-state index is 12.7. The Morgan fingerprint density at radius 3 is 2.39 bits per heavy atom. The van der Waals surface area contributed by atoms with Crippen LogP contribution >= 0.6 is 11.3 Å². The first-order chi connectivity index (χ1) is 18.2. The van der Waals surface area contributed by atoms with Gasteiger partial charge in [0.2, 0.25) is 10.1 Å². The number of halogens is 3. The number of ether oxygens (including phenoxy) is 4. The zero-order chi connectivity index (χ0) is 27.5. The highest BCUT2D eigenvalue weighted by molar-refractivity contribution is 7.15. The smallest absolute Gasteiger partial charge is 0.445 e. The molecule has 3 aromatic rings. The summed E-state index contributed by atoms with van der Waals surface area (Å²) >= 11 is 0.154. The van der Waals surface area contributed by atoms with Crippen molar-refractivity contribution in [1.29, 1.82) is 5.26 Å². The number of hydrogen-bond donors (Lipinski definition) is 1. The van der Waals surface area contributed by atoms with Gasteiger partial charge < -0.3 is 18.9 Å². The molecule has 0 spiro atoms. The Morgan fingerprint density at radius 2 is 1.76 bits per heavy atom. The van der Waals surface area contributed by atoms with Gasteiger partial charge in [-0.15, -0.1) is 10.2 Å². The molecule has 0 bridgehead atoms. The minimum absolute atomic E-state index is 0.154. The predicted octanol–water partition coefficient (Wildman–Crippen LogP) is 4.89. The summed E-state index contributed by atoms with van der Waals surface area (Å²) in [5, 5.41) is 16.2. The third-order valence-corrected chi connectivity index (χ3v) is 5.70. The van der Waals surface area contributed by atoms with E-state index in [0.29, 0.717) is 36.9 Å². The van der Waals surface area contributed by atoms with E-state index in [1.54, 1.807) is 24.3 Å². The van der Waals surface area contributed by atoms with E-state index >= 15 is 0 Å². The molecule has 1 amide bonds. The van der Waals surface area contributed by atoms with Gasteiger partial charge in [-0.2, -0.15) is 18.4 Å². The number of anilines is 1. The fourth-order valence-corrected chi connectivity index (χ4v) is 3.61. The van der Waals surface area contributed by atoms with Gasteiger partial charge in [-0.05, 0) is 42.3 Å². The van der Waals surface area contributed by atoms with E-state index in [4.69, 9.17) is 18.9 Å². The zero-order valence-electron chi connectivity index (χ0n) is 20.4. The van der Waals surface area contributed by atoms with Crippen LogP contribution in [-0.4, -0.2) is 49.6 Å². The third kappa shape index (κ3) is 8.19. The second kappa shape index (κ2) is 13.4. The number of aryl methyl sites for hydroxylation is 1. The van der Waals surface area contributed by atoms with Gasteiger partial charge in [0, 0.05) is 0 Å². The van der Waals surface area contributed by atoms with Crippen molar-refractivity contribution in [3.63, 3.8) is 0 Å². The maximum atomic E-state index is 12.7. The van der Waals surface area contributed by atoms with Gasteiger partial charge in [0.25, 0.3) is 5.91 Å². The lowest BCUT2D eigenvalue weighted by atomic mass is 10.1. The number of carbonyl (C=O) groups excluding carboxylic acids is 1. The highest BCUT2D eigenvalue weighted by atomic mass is 32.1. The summed E-state index contributed by atoms with van der Waals surface area (Å²) in [4.78, 5) is 12.4. The monoisotopic (exact) mass is 548 g/mol. The number of aromatic nitrogens is 2. The lowest BCUT2D eigenvalue weighted by Crippen LogP contribution is -2.13. The van der Waals surface area contributed by atoms with E-state index in [9.17, 15) is 23.2 Å². The quantitative estimate of drug-likeness (QED) is 0.193. The number of nitrogens with zero attached hydrogens (tertiary/aromatic N) is 3. The Hall–Kier alpha value is -4.15. The topological polar surface area (TPSA) is 116 Å². The van der Waals surface area contributed by atoms with Crippen LogP contribution in [0, 0.1) is 18.3 Å². The van der Waals surface area contributed by atoms with Crippen molar-refractivity contribution in [3.05, 3.63) is 64.2 Å². The number of nitrogens with one attached hydrogen (secondary N) is 1. The molecular weight excluding hydrogens is 525 g/mol. The van der Waals surface area contributed by atoms with Gasteiger partial charge in [0.1, 0.15) is 30.6 Å². The van der Waals surface area contributed by atoms with E-state index in [-0.39, 0.29) is 28.6 Å². The van der Waals surface area contributed by atoms with Gasteiger partial charge in [-0.25, -0.2) is 0 Å². The Labute approximate surface area is 220 Å². The number of hydrogen-bond acceptors (Lipinski definition) is 9. The molecule has 2 aromatic carbocycles. The average Bonchev–Trinajstić information content (AvgIpc) is 3.37. The minimum atomic E-state index is -4.68. The van der Waals surface area contributed by atoms with Crippen LogP contribution in [0.1, 0.15) is 16.1 Å². The van der Waals surface area contributed by atoms with Gasteiger partial charge >= 0.3 is 6.18 Å². The zero-order valence-corrected chi connectivity index (χ0v) is 21.2. The van der Waals surface area contributed by atoms with Crippen LogP contribution < -0.4 is 19.5 Å². The SMILES string of the molecule is COc1cc(/C=C(/C#N)C(=O)Nc2nnc(C(F)(F)F)s2)ccc1OCCOCCOc1ccccc1C. The van der Waals surface area contributed by atoms with Crippen molar-refractivity contribution < 1.29 is 36.9 Å². The van der Waals surface area contributed by atoms with Crippen LogP contribution in [-0.2, 0) is 15.7 Å². The van der Waals surface area contributed by atoms with Crippen molar-refractivity contribution in [3.8, 4) is 23.3 Å². The molecule has 0 unspecified atom stereocenters. The number of rotatable bonds is 12. The van der Waals surface area contributed by atoms with Gasteiger partial charge in [-0.1, -0.05) is 35.6 Å². The first kappa shape index (κ1) is 28.4. The molecule has 3 rings (SSSR count). The summed E-state index contributed by atoms with van der Waals surface area (Å²) in [5.74, 6) is 0.637. The van der Waals surface area contributed by atoms with Crippen molar-refractivity contribution in [2.45, 2.75) is 13.1 Å². The minimum Gasteiger partial charge on any atom is -0.493 e. The van der Waals surface area contributed by atoms with E-state index in [0.717, 1.165) is 11.3 Å². The van der Waals surface area contributed by atoms with E-state index in [2.05, 4.69) is 15.5 Å². The van der Waals surface area contributed by atoms with Crippen LogP contribution in [0.4, 0.5) is 18.3 Å².